The molecule has 3 aliphatic rings. The first-order chi connectivity index (χ1) is 14.7. The molecule has 1 aliphatic carbocycles. The van der Waals surface area contributed by atoms with Crippen LogP contribution in [0.1, 0.15) is 44.6 Å². The van der Waals surface area contributed by atoms with Gasteiger partial charge in [0.1, 0.15) is 5.82 Å². The van der Waals surface area contributed by atoms with E-state index < -0.39 is 0 Å². The van der Waals surface area contributed by atoms with Crippen molar-refractivity contribution in [1.82, 2.24) is 20.1 Å². The van der Waals surface area contributed by atoms with E-state index in [2.05, 4.69) is 57.9 Å². The predicted octanol–water partition coefficient (Wildman–Crippen LogP) is 3.05. The van der Waals surface area contributed by atoms with Crippen molar-refractivity contribution < 1.29 is 0 Å². The number of likely N-dealkylation sites (N-methyl/N-ethyl adjacent to an activating group) is 1. The quantitative estimate of drug-likeness (QED) is 0.585. The van der Waals surface area contributed by atoms with Crippen LogP contribution in [0, 0.1) is 0 Å². The Labute approximate surface area is 186 Å². The van der Waals surface area contributed by atoms with E-state index in [1.54, 1.807) is 0 Å². The maximum Gasteiger partial charge on any atom is 0.194 e. The van der Waals surface area contributed by atoms with Crippen molar-refractivity contribution >= 4 is 23.5 Å². The van der Waals surface area contributed by atoms with E-state index in [9.17, 15) is 0 Å². The first-order valence-corrected chi connectivity index (χ1v) is 12.7. The predicted molar refractivity (Wildman–Crippen MR) is 129 cm³/mol. The zero-order valence-electron chi connectivity index (χ0n) is 18.8. The number of nitrogens with zero attached hydrogens (tertiary/aromatic N) is 5. The van der Waals surface area contributed by atoms with Crippen LogP contribution in [0.25, 0.3) is 0 Å². The zero-order chi connectivity index (χ0) is 20.8. The van der Waals surface area contributed by atoms with E-state index in [1.165, 1.54) is 43.4 Å². The molecule has 0 bridgehead atoms. The van der Waals surface area contributed by atoms with Crippen LogP contribution < -0.4 is 10.2 Å². The summed E-state index contributed by atoms with van der Waals surface area (Å²) < 4.78 is 0.457. The SMILES string of the molecule is CCNC(=NCc1ccc(N2CCN(C)CC2)nc1)N1CCSC2(CCCCC2)C1. The first-order valence-electron chi connectivity index (χ1n) is 11.7. The standard InChI is InChI=1S/C23H38N6S/c1-3-24-22(29-15-16-30-23(19-29)9-5-4-6-10-23)26-18-20-7-8-21(25-17-20)28-13-11-27(2)12-14-28/h7-8,17H,3-6,9-16,18-19H2,1-2H3,(H,24,26). The van der Waals surface area contributed by atoms with Crippen LogP contribution in [0.4, 0.5) is 5.82 Å². The Bertz CT molecular complexity index is 687. The second-order valence-corrected chi connectivity index (χ2v) is 10.6. The number of aromatic nitrogens is 1. The highest BCUT2D eigenvalue weighted by molar-refractivity contribution is 8.00. The van der Waals surface area contributed by atoms with Crippen molar-refractivity contribution in [2.75, 3.05) is 63.5 Å². The molecule has 1 saturated carbocycles. The Balaban J connectivity index is 1.38. The molecule has 2 saturated heterocycles. The number of hydrogen-bond acceptors (Lipinski definition) is 5. The van der Waals surface area contributed by atoms with Crippen molar-refractivity contribution in [3.63, 3.8) is 0 Å². The highest BCUT2D eigenvalue weighted by Gasteiger charge is 2.38. The summed E-state index contributed by atoms with van der Waals surface area (Å²) in [6.07, 6.45) is 8.93. The highest BCUT2D eigenvalue weighted by atomic mass is 32.2. The average molecular weight is 431 g/mol. The molecule has 0 atom stereocenters. The molecule has 1 N–H and O–H groups in total. The molecule has 1 aromatic heterocycles. The van der Waals surface area contributed by atoms with E-state index in [0.29, 0.717) is 11.3 Å². The fourth-order valence-electron chi connectivity index (χ4n) is 4.85. The van der Waals surface area contributed by atoms with Gasteiger partial charge in [0.15, 0.2) is 5.96 Å². The first kappa shape index (κ1) is 21.8. The summed E-state index contributed by atoms with van der Waals surface area (Å²) in [5.74, 6) is 3.38. The average Bonchev–Trinajstić information content (AvgIpc) is 2.78. The summed E-state index contributed by atoms with van der Waals surface area (Å²) in [5.41, 5.74) is 1.18. The minimum Gasteiger partial charge on any atom is -0.357 e. The van der Waals surface area contributed by atoms with E-state index in [4.69, 9.17) is 9.98 Å². The Morgan fingerprint density at radius 3 is 2.63 bits per heavy atom. The van der Waals surface area contributed by atoms with Crippen LogP contribution in [0.5, 0.6) is 0 Å². The third kappa shape index (κ3) is 5.41. The van der Waals surface area contributed by atoms with Gasteiger partial charge in [0, 0.05) is 62.5 Å². The summed E-state index contributed by atoms with van der Waals surface area (Å²) in [6.45, 7) is 10.3. The molecule has 166 valence electrons. The summed E-state index contributed by atoms with van der Waals surface area (Å²) in [4.78, 5) is 17.0. The van der Waals surface area contributed by atoms with Gasteiger partial charge in [-0.1, -0.05) is 25.3 Å². The zero-order valence-corrected chi connectivity index (χ0v) is 19.6. The second kappa shape index (κ2) is 10.2. The molecule has 1 spiro atoms. The topological polar surface area (TPSA) is 47.0 Å². The summed E-state index contributed by atoms with van der Waals surface area (Å²) in [5, 5.41) is 3.55. The van der Waals surface area contributed by atoms with Crippen molar-refractivity contribution in [2.24, 2.45) is 4.99 Å². The molecule has 2 aliphatic heterocycles. The smallest absolute Gasteiger partial charge is 0.194 e. The lowest BCUT2D eigenvalue weighted by molar-refractivity contribution is 0.293. The van der Waals surface area contributed by atoms with Gasteiger partial charge in [-0.25, -0.2) is 9.98 Å². The lowest BCUT2D eigenvalue weighted by Gasteiger charge is -2.45. The molecule has 0 aromatic carbocycles. The number of hydrogen-bond donors (Lipinski definition) is 1. The maximum absolute atomic E-state index is 5.00. The highest BCUT2D eigenvalue weighted by Crippen LogP contribution is 2.42. The van der Waals surface area contributed by atoms with Crippen LogP contribution in [-0.2, 0) is 6.54 Å². The number of pyridine rings is 1. The van der Waals surface area contributed by atoms with Crippen molar-refractivity contribution in [3.05, 3.63) is 23.9 Å². The van der Waals surface area contributed by atoms with Crippen LogP contribution in [-0.4, -0.2) is 84.1 Å². The summed E-state index contributed by atoms with van der Waals surface area (Å²) >= 11 is 2.21. The molecule has 6 nitrogen and oxygen atoms in total. The lowest BCUT2D eigenvalue weighted by Crippen LogP contribution is -2.53. The molecular formula is C23H38N6S. The van der Waals surface area contributed by atoms with Crippen LogP contribution in [0.2, 0.25) is 0 Å². The van der Waals surface area contributed by atoms with Crippen LogP contribution >= 0.6 is 11.8 Å². The number of thioether (sulfide) groups is 1. The number of anilines is 1. The molecule has 7 heteroatoms. The van der Waals surface area contributed by atoms with Crippen molar-refractivity contribution in [2.45, 2.75) is 50.3 Å². The minimum absolute atomic E-state index is 0.457. The third-order valence-electron chi connectivity index (χ3n) is 6.70. The fourth-order valence-corrected chi connectivity index (χ4v) is 6.42. The molecule has 0 unspecified atom stereocenters. The van der Waals surface area contributed by atoms with Gasteiger partial charge in [-0.05, 0) is 38.4 Å². The molecule has 3 heterocycles. The fraction of sp³-hybridized carbons (Fsp3) is 0.739. The van der Waals surface area contributed by atoms with E-state index in [-0.39, 0.29) is 0 Å². The van der Waals surface area contributed by atoms with E-state index in [1.807, 2.05) is 6.20 Å². The molecule has 30 heavy (non-hydrogen) atoms. The monoisotopic (exact) mass is 430 g/mol. The maximum atomic E-state index is 5.00. The van der Waals surface area contributed by atoms with Crippen LogP contribution in [0.3, 0.4) is 0 Å². The minimum atomic E-state index is 0.457. The number of aliphatic imine (C=N–C) groups is 1. The van der Waals surface area contributed by atoms with Crippen molar-refractivity contribution in [1.29, 1.82) is 0 Å². The van der Waals surface area contributed by atoms with Gasteiger partial charge in [0.25, 0.3) is 0 Å². The summed E-state index contributed by atoms with van der Waals surface area (Å²) in [6, 6.07) is 4.36. The Kier molecular flexibility index (Phi) is 7.41. The van der Waals surface area contributed by atoms with E-state index in [0.717, 1.165) is 57.6 Å². The molecule has 1 aromatic rings. The Morgan fingerprint density at radius 2 is 1.93 bits per heavy atom. The molecule has 4 rings (SSSR count). The van der Waals surface area contributed by atoms with Crippen LogP contribution in [0.15, 0.2) is 23.3 Å². The molecule has 3 fully saturated rings. The second-order valence-electron chi connectivity index (χ2n) is 9.00. The van der Waals surface area contributed by atoms with Gasteiger partial charge >= 0.3 is 0 Å². The van der Waals surface area contributed by atoms with Gasteiger partial charge in [0.2, 0.25) is 0 Å². The molecule has 0 radical (unpaired) electrons. The number of guanidine groups is 1. The van der Waals surface area contributed by atoms with Gasteiger partial charge in [-0.2, -0.15) is 11.8 Å². The largest absolute Gasteiger partial charge is 0.357 e. The van der Waals surface area contributed by atoms with Crippen molar-refractivity contribution in [3.8, 4) is 0 Å². The number of piperazine rings is 1. The van der Waals surface area contributed by atoms with Gasteiger partial charge < -0.3 is 20.0 Å². The third-order valence-corrected chi connectivity index (χ3v) is 8.23. The number of rotatable bonds is 4. The number of nitrogens with one attached hydrogen (secondary N) is 1. The lowest BCUT2D eigenvalue weighted by atomic mass is 9.87. The van der Waals surface area contributed by atoms with Gasteiger partial charge in [0.05, 0.1) is 6.54 Å². The molecular weight excluding hydrogens is 392 g/mol. The Hall–Kier alpha value is -1.47. The van der Waals surface area contributed by atoms with E-state index >= 15 is 0 Å². The normalized spacial score (nSPS) is 23.1. The Morgan fingerprint density at radius 1 is 1.13 bits per heavy atom. The summed E-state index contributed by atoms with van der Waals surface area (Å²) in [7, 11) is 2.19. The molecule has 0 amide bonds. The van der Waals surface area contributed by atoms with Gasteiger partial charge in [-0.15, -0.1) is 0 Å². The van der Waals surface area contributed by atoms with Gasteiger partial charge in [-0.3, -0.25) is 0 Å².